The van der Waals surface area contributed by atoms with Crippen LogP contribution < -0.4 is 0 Å². The number of hydrogen-bond donors (Lipinski definition) is 0. The Labute approximate surface area is 153 Å². The Balaban J connectivity index is 1.40. The summed E-state index contributed by atoms with van der Waals surface area (Å²) in [5.74, 6) is 2.64. The van der Waals surface area contributed by atoms with E-state index in [0.717, 1.165) is 57.2 Å². The van der Waals surface area contributed by atoms with Gasteiger partial charge in [-0.2, -0.15) is 0 Å². The first kappa shape index (κ1) is 16.9. The number of piperidine rings is 1. The maximum atomic E-state index is 4.55. The standard InChI is InChI=1S/C19H25N7/c1-2-26-18(14-25-11-8-21-15-25)22-23-19(26)17-5-9-24(10-6-17)13-16-4-3-7-20-12-16/h3-4,7-8,11-12,15,17H,2,5-6,9-10,13-14H2,1H3. The molecular weight excluding hydrogens is 326 g/mol. The molecule has 0 aromatic carbocycles. The van der Waals surface area contributed by atoms with Gasteiger partial charge in [-0.15, -0.1) is 10.2 Å². The molecule has 26 heavy (non-hydrogen) atoms. The minimum absolute atomic E-state index is 0.490. The predicted molar refractivity (Wildman–Crippen MR) is 98.5 cm³/mol. The van der Waals surface area contributed by atoms with Gasteiger partial charge in [-0.1, -0.05) is 6.07 Å². The second-order valence-electron chi connectivity index (χ2n) is 6.87. The van der Waals surface area contributed by atoms with Crippen molar-refractivity contribution >= 4 is 0 Å². The number of hydrogen-bond acceptors (Lipinski definition) is 5. The molecule has 0 bridgehead atoms. The molecule has 7 nitrogen and oxygen atoms in total. The second-order valence-corrected chi connectivity index (χ2v) is 6.87. The van der Waals surface area contributed by atoms with Gasteiger partial charge >= 0.3 is 0 Å². The van der Waals surface area contributed by atoms with Crippen molar-refractivity contribution in [2.45, 2.75) is 45.3 Å². The molecule has 1 aliphatic rings. The minimum atomic E-state index is 0.490. The Morgan fingerprint density at radius 3 is 2.65 bits per heavy atom. The van der Waals surface area contributed by atoms with Gasteiger partial charge in [0, 0.05) is 43.8 Å². The van der Waals surface area contributed by atoms with E-state index in [4.69, 9.17) is 0 Å². The van der Waals surface area contributed by atoms with Gasteiger partial charge in [-0.05, 0) is 44.5 Å². The molecule has 4 rings (SSSR count). The van der Waals surface area contributed by atoms with Crippen LogP contribution in [-0.2, 0) is 19.6 Å². The monoisotopic (exact) mass is 351 g/mol. The maximum absolute atomic E-state index is 4.55. The summed E-state index contributed by atoms with van der Waals surface area (Å²) in [6.45, 7) is 6.96. The summed E-state index contributed by atoms with van der Waals surface area (Å²) in [6.07, 6.45) is 11.6. The zero-order chi connectivity index (χ0) is 17.8. The fraction of sp³-hybridized carbons (Fsp3) is 0.474. The molecule has 3 aromatic heterocycles. The van der Waals surface area contributed by atoms with Gasteiger partial charge < -0.3 is 9.13 Å². The van der Waals surface area contributed by atoms with Crippen LogP contribution in [0.15, 0.2) is 43.2 Å². The van der Waals surface area contributed by atoms with E-state index < -0.39 is 0 Å². The SMILES string of the molecule is CCn1c(Cn2ccnc2)nnc1C1CCN(Cc2cccnc2)CC1. The molecule has 1 fully saturated rings. The zero-order valence-corrected chi connectivity index (χ0v) is 15.2. The summed E-state index contributed by atoms with van der Waals surface area (Å²) in [7, 11) is 0. The predicted octanol–water partition coefficient (Wildman–Crippen LogP) is 2.32. The topological polar surface area (TPSA) is 64.7 Å². The van der Waals surface area contributed by atoms with Crippen LogP contribution in [0.5, 0.6) is 0 Å². The molecule has 4 heterocycles. The van der Waals surface area contributed by atoms with E-state index in [0.29, 0.717) is 5.92 Å². The summed E-state index contributed by atoms with van der Waals surface area (Å²) in [6, 6.07) is 4.16. The lowest BCUT2D eigenvalue weighted by Gasteiger charge is -2.31. The summed E-state index contributed by atoms with van der Waals surface area (Å²) < 4.78 is 4.32. The van der Waals surface area contributed by atoms with Gasteiger partial charge in [-0.25, -0.2) is 4.98 Å². The van der Waals surface area contributed by atoms with Crippen molar-refractivity contribution in [3.63, 3.8) is 0 Å². The van der Waals surface area contributed by atoms with Crippen LogP contribution in [0.2, 0.25) is 0 Å². The molecule has 0 saturated carbocycles. The quantitative estimate of drug-likeness (QED) is 0.682. The largest absolute Gasteiger partial charge is 0.330 e. The smallest absolute Gasteiger partial charge is 0.153 e. The molecule has 1 saturated heterocycles. The van der Waals surface area contributed by atoms with Crippen molar-refractivity contribution in [2.24, 2.45) is 0 Å². The Kier molecular flexibility index (Phi) is 5.06. The first-order chi connectivity index (χ1) is 12.8. The first-order valence-corrected chi connectivity index (χ1v) is 9.32. The number of imidazole rings is 1. The summed E-state index contributed by atoms with van der Waals surface area (Å²) in [5, 5.41) is 9.02. The number of likely N-dealkylation sites (tertiary alicyclic amines) is 1. The van der Waals surface area contributed by atoms with Crippen molar-refractivity contribution < 1.29 is 0 Å². The second kappa shape index (κ2) is 7.78. The van der Waals surface area contributed by atoms with Gasteiger partial charge in [0.2, 0.25) is 0 Å². The molecule has 0 unspecified atom stereocenters. The Morgan fingerprint density at radius 1 is 1.08 bits per heavy atom. The van der Waals surface area contributed by atoms with E-state index in [1.54, 1.807) is 6.20 Å². The lowest BCUT2D eigenvalue weighted by molar-refractivity contribution is 0.200. The third-order valence-electron chi connectivity index (χ3n) is 5.14. The summed E-state index contributed by atoms with van der Waals surface area (Å²) >= 11 is 0. The Bertz CT molecular complexity index is 802. The van der Waals surface area contributed by atoms with Crippen molar-refractivity contribution in [1.29, 1.82) is 0 Å². The Hall–Kier alpha value is -2.54. The van der Waals surface area contributed by atoms with Crippen LogP contribution in [0.1, 0.15) is 42.9 Å². The molecule has 1 aliphatic heterocycles. The molecule has 0 atom stereocenters. The van der Waals surface area contributed by atoms with Crippen molar-refractivity contribution in [2.75, 3.05) is 13.1 Å². The Morgan fingerprint density at radius 2 is 1.96 bits per heavy atom. The number of pyridine rings is 1. The maximum Gasteiger partial charge on any atom is 0.153 e. The van der Waals surface area contributed by atoms with Crippen LogP contribution in [0.25, 0.3) is 0 Å². The molecule has 0 spiro atoms. The molecule has 7 heteroatoms. The normalized spacial score (nSPS) is 16.2. The average molecular weight is 351 g/mol. The van der Waals surface area contributed by atoms with Crippen molar-refractivity contribution in [1.82, 2.24) is 34.2 Å². The molecular formula is C19H25N7. The van der Waals surface area contributed by atoms with Gasteiger partial charge in [0.25, 0.3) is 0 Å². The molecule has 0 N–H and O–H groups in total. The van der Waals surface area contributed by atoms with E-state index in [1.165, 1.54) is 5.56 Å². The molecule has 0 aliphatic carbocycles. The van der Waals surface area contributed by atoms with Crippen LogP contribution in [-0.4, -0.2) is 47.3 Å². The van der Waals surface area contributed by atoms with E-state index in [1.807, 2.05) is 35.6 Å². The highest BCUT2D eigenvalue weighted by molar-refractivity contribution is 5.09. The van der Waals surface area contributed by atoms with Gasteiger partial charge in [-0.3, -0.25) is 9.88 Å². The summed E-state index contributed by atoms with van der Waals surface area (Å²) in [5.41, 5.74) is 1.28. The molecule has 0 amide bonds. The molecule has 0 radical (unpaired) electrons. The molecule has 136 valence electrons. The lowest BCUT2D eigenvalue weighted by atomic mass is 9.95. The first-order valence-electron chi connectivity index (χ1n) is 9.32. The molecule has 3 aromatic rings. The lowest BCUT2D eigenvalue weighted by Crippen LogP contribution is -2.33. The van der Waals surface area contributed by atoms with Crippen LogP contribution >= 0.6 is 0 Å². The van der Waals surface area contributed by atoms with Crippen molar-refractivity contribution in [3.8, 4) is 0 Å². The van der Waals surface area contributed by atoms with E-state index in [-0.39, 0.29) is 0 Å². The fourth-order valence-electron chi connectivity index (χ4n) is 3.76. The van der Waals surface area contributed by atoms with E-state index in [2.05, 4.69) is 42.6 Å². The number of rotatable bonds is 6. The third-order valence-corrected chi connectivity index (χ3v) is 5.14. The number of nitrogens with zero attached hydrogens (tertiary/aromatic N) is 7. The van der Waals surface area contributed by atoms with Crippen molar-refractivity contribution in [3.05, 3.63) is 60.5 Å². The van der Waals surface area contributed by atoms with Crippen LogP contribution in [0.3, 0.4) is 0 Å². The summed E-state index contributed by atoms with van der Waals surface area (Å²) in [4.78, 5) is 10.8. The minimum Gasteiger partial charge on any atom is -0.330 e. The average Bonchev–Trinajstić information content (AvgIpc) is 3.33. The zero-order valence-electron chi connectivity index (χ0n) is 15.2. The van der Waals surface area contributed by atoms with E-state index in [9.17, 15) is 0 Å². The van der Waals surface area contributed by atoms with E-state index >= 15 is 0 Å². The third kappa shape index (κ3) is 3.67. The van der Waals surface area contributed by atoms with Crippen LogP contribution in [0.4, 0.5) is 0 Å². The van der Waals surface area contributed by atoms with Gasteiger partial charge in [0.15, 0.2) is 5.82 Å². The van der Waals surface area contributed by atoms with Gasteiger partial charge in [0.05, 0.1) is 12.9 Å². The van der Waals surface area contributed by atoms with Crippen LogP contribution in [0, 0.1) is 0 Å². The fourth-order valence-corrected chi connectivity index (χ4v) is 3.76. The highest BCUT2D eigenvalue weighted by atomic mass is 15.3. The number of aromatic nitrogens is 6. The highest BCUT2D eigenvalue weighted by Gasteiger charge is 2.25. The highest BCUT2D eigenvalue weighted by Crippen LogP contribution is 2.28. The van der Waals surface area contributed by atoms with Gasteiger partial charge in [0.1, 0.15) is 5.82 Å².